The number of hydrogen-bond acceptors (Lipinski definition) is 5. The highest BCUT2D eigenvalue weighted by molar-refractivity contribution is 7.89. The lowest BCUT2D eigenvalue weighted by Crippen LogP contribution is -2.35. The molecule has 1 heterocycles. The van der Waals surface area contributed by atoms with Crippen LogP contribution in [0.4, 0.5) is 5.69 Å². The number of aliphatic hydroxyl groups excluding tert-OH is 1. The standard InChI is InChI=1S/C14H22N2O4S/c1-20-14-7-6-12(10-13(14)15)21(18,19)16-8-2-4-11(16)5-3-9-17/h6-7,10-11,17H,2-5,8-9,15H2,1H3. The quantitative estimate of drug-likeness (QED) is 0.770. The molecule has 1 aliphatic rings. The number of aliphatic hydroxyl groups is 1. The van der Waals surface area contributed by atoms with E-state index in [1.54, 1.807) is 6.07 Å². The lowest BCUT2D eigenvalue weighted by atomic mass is 10.1. The molecule has 0 bridgehead atoms. The predicted molar refractivity (Wildman–Crippen MR) is 80.6 cm³/mol. The van der Waals surface area contributed by atoms with E-state index < -0.39 is 10.0 Å². The molecule has 1 atom stereocenters. The van der Waals surface area contributed by atoms with Crippen LogP contribution in [0.15, 0.2) is 23.1 Å². The Morgan fingerprint density at radius 2 is 2.24 bits per heavy atom. The van der Waals surface area contributed by atoms with Crippen molar-refractivity contribution >= 4 is 15.7 Å². The maximum Gasteiger partial charge on any atom is 0.243 e. The molecule has 3 N–H and O–H groups in total. The van der Waals surface area contributed by atoms with Gasteiger partial charge < -0.3 is 15.6 Å². The Morgan fingerprint density at radius 1 is 1.48 bits per heavy atom. The van der Waals surface area contributed by atoms with Crippen LogP contribution in [0.25, 0.3) is 0 Å². The normalized spacial score (nSPS) is 19.8. The number of methoxy groups -OCH3 is 1. The van der Waals surface area contributed by atoms with E-state index in [0.717, 1.165) is 12.8 Å². The Hall–Kier alpha value is -1.31. The number of ether oxygens (including phenoxy) is 1. The summed E-state index contributed by atoms with van der Waals surface area (Å²) in [6.45, 7) is 0.601. The van der Waals surface area contributed by atoms with E-state index in [1.165, 1.54) is 23.5 Å². The first kappa shape index (κ1) is 16.1. The molecule has 21 heavy (non-hydrogen) atoms. The highest BCUT2D eigenvalue weighted by atomic mass is 32.2. The molecule has 1 saturated heterocycles. The maximum atomic E-state index is 12.7. The van der Waals surface area contributed by atoms with Gasteiger partial charge in [0.25, 0.3) is 0 Å². The zero-order chi connectivity index (χ0) is 15.5. The number of rotatable bonds is 6. The Balaban J connectivity index is 2.26. The second kappa shape index (κ2) is 6.64. The Labute approximate surface area is 125 Å². The van der Waals surface area contributed by atoms with Crippen molar-refractivity contribution < 1.29 is 18.3 Å². The SMILES string of the molecule is COc1ccc(S(=O)(=O)N2CCCC2CCCO)cc1N. The molecule has 1 fully saturated rings. The van der Waals surface area contributed by atoms with Crippen LogP contribution in [0.5, 0.6) is 5.75 Å². The largest absolute Gasteiger partial charge is 0.495 e. The van der Waals surface area contributed by atoms with Gasteiger partial charge in [0.05, 0.1) is 17.7 Å². The van der Waals surface area contributed by atoms with Gasteiger partial charge in [0.2, 0.25) is 10.0 Å². The second-order valence-electron chi connectivity index (χ2n) is 5.18. The summed E-state index contributed by atoms with van der Waals surface area (Å²) in [7, 11) is -2.06. The van der Waals surface area contributed by atoms with E-state index in [9.17, 15) is 8.42 Å². The van der Waals surface area contributed by atoms with Crippen LogP contribution in [0.3, 0.4) is 0 Å². The lowest BCUT2D eigenvalue weighted by molar-refractivity contribution is 0.264. The topological polar surface area (TPSA) is 92.9 Å². The molecule has 0 amide bonds. The van der Waals surface area contributed by atoms with Crippen LogP contribution >= 0.6 is 0 Å². The predicted octanol–water partition coefficient (Wildman–Crippen LogP) is 1.20. The monoisotopic (exact) mass is 314 g/mol. The molecule has 1 unspecified atom stereocenters. The fraction of sp³-hybridized carbons (Fsp3) is 0.571. The van der Waals surface area contributed by atoms with Crippen molar-refractivity contribution in [3.8, 4) is 5.75 Å². The van der Waals surface area contributed by atoms with Crippen LogP contribution in [-0.2, 0) is 10.0 Å². The van der Waals surface area contributed by atoms with Gasteiger partial charge in [-0.25, -0.2) is 8.42 Å². The van der Waals surface area contributed by atoms with Crippen molar-refractivity contribution in [2.75, 3.05) is 26.0 Å². The smallest absolute Gasteiger partial charge is 0.243 e. The summed E-state index contributed by atoms with van der Waals surface area (Å²) in [5.41, 5.74) is 6.11. The van der Waals surface area contributed by atoms with E-state index in [1.807, 2.05) is 0 Å². The third kappa shape index (κ3) is 3.30. The molecule has 0 saturated carbocycles. The van der Waals surface area contributed by atoms with Crippen LogP contribution in [0, 0.1) is 0 Å². The Bertz CT molecular complexity index is 589. The van der Waals surface area contributed by atoms with Gasteiger partial charge in [0, 0.05) is 19.2 Å². The maximum absolute atomic E-state index is 12.7. The molecule has 0 spiro atoms. The van der Waals surface area contributed by atoms with E-state index in [2.05, 4.69) is 0 Å². The third-order valence-corrected chi connectivity index (χ3v) is 5.77. The number of sulfonamides is 1. The van der Waals surface area contributed by atoms with Gasteiger partial charge in [-0.05, 0) is 43.9 Å². The summed E-state index contributed by atoms with van der Waals surface area (Å²) in [5, 5.41) is 8.93. The molecule has 6 nitrogen and oxygen atoms in total. The van der Waals surface area contributed by atoms with Crippen molar-refractivity contribution in [1.29, 1.82) is 0 Å². The fourth-order valence-corrected chi connectivity index (χ4v) is 4.51. The minimum atomic E-state index is -3.55. The minimum absolute atomic E-state index is 0.0366. The lowest BCUT2D eigenvalue weighted by Gasteiger charge is -2.24. The first-order valence-electron chi connectivity index (χ1n) is 7.07. The average Bonchev–Trinajstić information content (AvgIpc) is 2.94. The molecule has 118 valence electrons. The van der Waals surface area contributed by atoms with Crippen molar-refractivity contribution in [3.05, 3.63) is 18.2 Å². The summed E-state index contributed by atoms with van der Waals surface area (Å²) >= 11 is 0. The number of hydrogen-bond donors (Lipinski definition) is 2. The number of benzene rings is 1. The number of anilines is 1. The van der Waals surface area contributed by atoms with E-state index in [-0.39, 0.29) is 17.5 Å². The van der Waals surface area contributed by atoms with Crippen LogP contribution in [0.1, 0.15) is 25.7 Å². The summed E-state index contributed by atoms with van der Waals surface area (Å²) < 4.78 is 32.0. The van der Waals surface area contributed by atoms with Crippen molar-refractivity contribution in [2.24, 2.45) is 0 Å². The highest BCUT2D eigenvalue weighted by Crippen LogP contribution is 2.31. The Kier molecular flexibility index (Phi) is 5.08. The average molecular weight is 314 g/mol. The van der Waals surface area contributed by atoms with Gasteiger partial charge >= 0.3 is 0 Å². The molecular weight excluding hydrogens is 292 g/mol. The van der Waals surface area contributed by atoms with Gasteiger partial charge in [-0.2, -0.15) is 4.31 Å². The second-order valence-corrected chi connectivity index (χ2v) is 7.07. The number of nitrogens with zero attached hydrogens (tertiary/aromatic N) is 1. The number of nitrogen functional groups attached to an aromatic ring is 1. The summed E-state index contributed by atoms with van der Waals surface area (Å²) in [4.78, 5) is 0.191. The summed E-state index contributed by atoms with van der Waals surface area (Å²) in [6.07, 6.45) is 2.98. The van der Waals surface area contributed by atoms with Gasteiger partial charge in [-0.3, -0.25) is 0 Å². The van der Waals surface area contributed by atoms with Crippen molar-refractivity contribution in [2.45, 2.75) is 36.6 Å². The zero-order valence-electron chi connectivity index (χ0n) is 12.2. The number of nitrogens with two attached hydrogens (primary N) is 1. The Morgan fingerprint density at radius 3 is 2.86 bits per heavy atom. The van der Waals surface area contributed by atoms with Crippen LogP contribution in [-0.4, -0.2) is 44.1 Å². The summed E-state index contributed by atoms with van der Waals surface area (Å²) in [6, 6.07) is 4.49. The van der Waals surface area contributed by atoms with Crippen molar-refractivity contribution in [1.82, 2.24) is 4.31 Å². The van der Waals surface area contributed by atoms with Crippen molar-refractivity contribution in [3.63, 3.8) is 0 Å². The molecule has 1 aromatic carbocycles. The molecule has 1 aliphatic heterocycles. The summed E-state index contributed by atoms with van der Waals surface area (Å²) in [5.74, 6) is 0.465. The van der Waals surface area contributed by atoms with Gasteiger partial charge in [0.1, 0.15) is 5.75 Å². The van der Waals surface area contributed by atoms with Crippen LogP contribution < -0.4 is 10.5 Å². The molecule has 0 aliphatic carbocycles. The minimum Gasteiger partial charge on any atom is -0.495 e. The first-order chi connectivity index (χ1) is 10.0. The third-order valence-electron chi connectivity index (χ3n) is 3.83. The molecular formula is C14H22N2O4S. The van der Waals surface area contributed by atoms with E-state index in [4.69, 9.17) is 15.6 Å². The van der Waals surface area contributed by atoms with Gasteiger partial charge in [-0.15, -0.1) is 0 Å². The van der Waals surface area contributed by atoms with Gasteiger partial charge in [-0.1, -0.05) is 0 Å². The molecule has 1 aromatic rings. The molecule has 0 radical (unpaired) electrons. The molecule has 2 rings (SSSR count). The van der Waals surface area contributed by atoms with E-state index in [0.29, 0.717) is 30.8 Å². The molecule has 0 aromatic heterocycles. The fourth-order valence-electron chi connectivity index (χ4n) is 2.75. The van der Waals surface area contributed by atoms with Gasteiger partial charge in [0.15, 0.2) is 0 Å². The van der Waals surface area contributed by atoms with Crippen LogP contribution in [0.2, 0.25) is 0 Å². The molecule has 7 heteroatoms. The first-order valence-corrected chi connectivity index (χ1v) is 8.51. The zero-order valence-corrected chi connectivity index (χ0v) is 13.0. The highest BCUT2D eigenvalue weighted by Gasteiger charge is 2.35. The van der Waals surface area contributed by atoms with E-state index >= 15 is 0 Å².